The number of carbonyl (C=O) groups excluding carboxylic acids is 2. The van der Waals surface area contributed by atoms with E-state index in [9.17, 15) is 14.7 Å². The Morgan fingerprint density at radius 2 is 1.62 bits per heavy atom. The van der Waals surface area contributed by atoms with Crippen LogP contribution in [0.3, 0.4) is 0 Å². The van der Waals surface area contributed by atoms with Gasteiger partial charge in [-0.05, 0) is 35.9 Å². The number of phenolic OH excluding ortho intramolecular Hbond substituents is 1. The van der Waals surface area contributed by atoms with Crippen LogP contribution < -0.4 is 0 Å². The molecule has 0 saturated heterocycles. The monoisotopic (exact) mass is 382 g/mol. The van der Waals surface area contributed by atoms with E-state index in [1.807, 2.05) is 24.3 Å². The van der Waals surface area contributed by atoms with E-state index >= 15 is 0 Å². The minimum atomic E-state index is -0.381. The number of benzene rings is 2. The Morgan fingerprint density at radius 3 is 2.33 bits per heavy atom. The molecule has 0 spiro atoms. The van der Waals surface area contributed by atoms with Crippen LogP contribution in [0.2, 0.25) is 0 Å². The number of rotatable bonds is 2. The largest absolute Gasteiger partial charge is 0.506 e. The molecule has 0 unspecified atom stereocenters. The minimum absolute atomic E-state index is 0.0439. The van der Waals surface area contributed by atoms with Crippen LogP contribution in [0.5, 0.6) is 5.75 Å². The minimum Gasteiger partial charge on any atom is -0.506 e. The van der Waals surface area contributed by atoms with Gasteiger partial charge in [0.05, 0.1) is 17.7 Å². The summed E-state index contributed by atoms with van der Waals surface area (Å²) in [5, 5.41) is 10.4. The van der Waals surface area contributed by atoms with Gasteiger partial charge >= 0.3 is 0 Å². The molecule has 0 atom stereocenters. The lowest BCUT2D eigenvalue weighted by atomic mass is 9.96. The number of hydrogen-bond donors (Lipinski definition) is 1. The Hall–Kier alpha value is -2.73. The first-order valence-electron chi connectivity index (χ1n) is 7.27. The van der Waals surface area contributed by atoms with Crippen molar-refractivity contribution < 1.29 is 14.7 Å². The summed E-state index contributed by atoms with van der Waals surface area (Å²) >= 11 is 3.36. The highest BCUT2D eigenvalue weighted by Crippen LogP contribution is 2.33. The van der Waals surface area contributed by atoms with E-state index in [0.29, 0.717) is 16.5 Å². The molecule has 3 aromatic rings. The van der Waals surface area contributed by atoms with Gasteiger partial charge in [0.1, 0.15) is 11.3 Å². The molecule has 0 aliphatic carbocycles. The van der Waals surface area contributed by atoms with Crippen molar-refractivity contribution in [2.75, 3.05) is 0 Å². The Kier molecular flexibility index (Phi) is 3.35. The van der Waals surface area contributed by atoms with Gasteiger partial charge in [-0.15, -0.1) is 0 Å². The van der Waals surface area contributed by atoms with Crippen molar-refractivity contribution in [3.63, 3.8) is 0 Å². The topological polar surface area (TPSA) is 70.5 Å². The van der Waals surface area contributed by atoms with E-state index in [-0.39, 0.29) is 29.6 Å². The summed E-state index contributed by atoms with van der Waals surface area (Å²) in [7, 11) is 0. The van der Waals surface area contributed by atoms with Crippen molar-refractivity contribution in [1.29, 1.82) is 0 Å². The molecule has 24 heavy (non-hydrogen) atoms. The third kappa shape index (κ3) is 2.18. The Bertz CT molecular complexity index is 977. The fourth-order valence-electron chi connectivity index (χ4n) is 2.91. The van der Waals surface area contributed by atoms with Crippen LogP contribution in [-0.4, -0.2) is 26.8 Å². The van der Waals surface area contributed by atoms with E-state index in [1.165, 1.54) is 23.2 Å². The van der Waals surface area contributed by atoms with E-state index in [4.69, 9.17) is 0 Å². The normalized spacial score (nSPS) is 13.6. The maximum atomic E-state index is 12.8. The van der Waals surface area contributed by atoms with Gasteiger partial charge in [0, 0.05) is 16.1 Å². The second-order valence-electron chi connectivity index (χ2n) is 5.54. The first kappa shape index (κ1) is 14.8. The average molecular weight is 383 g/mol. The van der Waals surface area contributed by atoms with E-state index in [2.05, 4.69) is 20.9 Å². The lowest BCUT2D eigenvalue weighted by Gasteiger charge is -2.27. The Balaban J connectivity index is 1.83. The number of pyridine rings is 1. The smallest absolute Gasteiger partial charge is 0.261 e. The molecule has 118 valence electrons. The fourth-order valence-corrected chi connectivity index (χ4v) is 3.17. The summed E-state index contributed by atoms with van der Waals surface area (Å²) in [5.74, 6) is -0.806. The van der Waals surface area contributed by atoms with Gasteiger partial charge in [-0.2, -0.15) is 0 Å². The molecule has 2 aromatic carbocycles. The molecule has 0 bridgehead atoms. The van der Waals surface area contributed by atoms with Crippen LogP contribution in [-0.2, 0) is 6.54 Å². The second kappa shape index (κ2) is 5.42. The first-order chi connectivity index (χ1) is 11.6. The lowest BCUT2D eigenvalue weighted by Crippen LogP contribution is -2.39. The average Bonchev–Trinajstić information content (AvgIpc) is 2.59. The number of aromatic nitrogens is 1. The summed E-state index contributed by atoms with van der Waals surface area (Å²) in [5.41, 5.74) is 1.88. The first-order valence-corrected chi connectivity index (χ1v) is 8.07. The van der Waals surface area contributed by atoms with Crippen molar-refractivity contribution in [3.8, 4) is 5.75 Å². The molecule has 4 rings (SSSR count). The summed E-state index contributed by atoms with van der Waals surface area (Å²) in [6.07, 6.45) is 1.46. The summed E-state index contributed by atoms with van der Waals surface area (Å²) in [6, 6.07) is 12.0. The summed E-state index contributed by atoms with van der Waals surface area (Å²) in [6.45, 7) is 0.190. The van der Waals surface area contributed by atoms with Crippen molar-refractivity contribution >= 4 is 38.6 Å². The predicted molar refractivity (Wildman–Crippen MR) is 91.8 cm³/mol. The predicted octanol–water partition coefficient (Wildman–Crippen LogP) is 3.50. The molecule has 6 heteroatoms. The zero-order chi connectivity index (χ0) is 16.8. The van der Waals surface area contributed by atoms with Gasteiger partial charge in [0.15, 0.2) is 0 Å². The Labute approximate surface area is 145 Å². The van der Waals surface area contributed by atoms with Crippen LogP contribution >= 0.6 is 15.9 Å². The quantitative estimate of drug-likeness (QED) is 0.688. The van der Waals surface area contributed by atoms with Gasteiger partial charge in [-0.25, -0.2) is 0 Å². The highest BCUT2D eigenvalue weighted by Gasteiger charge is 2.33. The number of phenols is 1. The molecule has 0 radical (unpaired) electrons. The molecular formula is C18H11BrN2O3. The van der Waals surface area contributed by atoms with Crippen molar-refractivity contribution in [2.45, 2.75) is 6.54 Å². The number of hydrogen-bond acceptors (Lipinski definition) is 4. The number of carbonyl (C=O) groups is 2. The summed E-state index contributed by atoms with van der Waals surface area (Å²) in [4.78, 5) is 30.9. The molecule has 1 aliphatic rings. The van der Waals surface area contributed by atoms with Crippen LogP contribution in [0.15, 0.2) is 53.1 Å². The highest BCUT2D eigenvalue weighted by atomic mass is 79.9. The lowest BCUT2D eigenvalue weighted by molar-refractivity contribution is 0.0598. The van der Waals surface area contributed by atoms with Gasteiger partial charge in [-0.1, -0.05) is 28.1 Å². The molecule has 2 amide bonds. The highest BCUT2D eigenvalue weighted by molar-refractivity contribution is 9.10. The molecule has 0 saturated carbocycles. The van der Waals surface area contributed by atoms with Crippen LogP contribution in [0, 0.1) is 0 Å². The van der Waals surface area contributed by atoms with Crippen molar-refractivity contribution in [3.05, 3.63) is 69.8 Å². The Morgan fingerprint density at radius 1 is 0.958 bits per heavy atom. The molecule has 1 aromatic heterocycles. The van der Waals surface area contributed by atoms with Crippen molar-refractivity contribution in [2.24, 2.45) is 0 Å². The van der Waals surface area contributed by atoms with Gasteiger partial charge < -0.3 is 5.11 Å². The maximum absolute atomic E-state index is 12.8. The fraction of sp³-hybridized carbons (Fsp3) is 0.0556. The number of amides is 2. The third-order valence-corrected chi connectivity index (χ3v) is 4.60. The second-order valence-corrected chi connectivity index (χ2v) is 6.45. The zero-order valence-electron chi connectivity index (χ0n) is 12.4. The number of imide groups is 1. The molecule has 0 fully saturated rings. The van der Waals surface area contributed by atoms with E-state index in [1.54, 1.807) is 6.07 Å². The van der Waals surface area contributed by atoms with E-state index < -0.39 is 0 Å². The van der Waals surface area contributed by atoms with Gasteiger partial charge in [-0.3, -0.25) is 19.5 Å². The molecule has 5 nitrogen and oxygen atoms in total. The third-order valence-electron chi connectivity index (χ3n) is 4.08. The molecule has 2 heterocycles. The maximum Gasteiger partial charge on any atom is 0.261 e. The van der Waals surface area contributed by atoms with Gasteiger partial charge in [0.2, 0.25) is 0 Å². The molecule has 1 N–H and O–H groups in total. The number of nitrogens with zero attached hydrogens (tertiary/aromatic N) is 2. The molecular weight excluding hydrogens is 372 g/mol. The number of aromatic hydroxyl groups is 1. The number of halogens is 1. The zero-order valence-corrected chi connectivity index (χ0v) is 13.9. The standard InChI is InChI=1S/C18H11BrN2O3/c19-11-3-1-10(2-4-11)9-21-17(23)12-5-6-14(22)16-15(12)13(18(21)24)7-8-20-16/h1-8,22H,9H2. The van der Waals surface area contributed by atoms with Crippen molar-refractivity contribution in [1.82, 2.24) is 9.88 Å². The van der Waals surface area contributed by atoms with Gasteiger partial charge in [0.25, 0.3) is 11.8 Å². The SMILES string of the molecule is O=C1c2ccnc3c(O)ccc(c23)C(=O)N1Cc1ccc(Br)cc1. The van der Waals surface area contributed by atoms with Crippen LogP contribution in [0.1, 0.15) is 26.3 Å². The van der Waals surface area contributed by atoms with Crippen LogP contribution in [0.25, 0.3) is 10.9 Å². The van der Waals surface area contributed by atoms with E-state index in [0.717, 1.165) is 10.0 Å². The molecule has 1 aliphatic heterocycles. The summed E-state index contributed by atoms with van der Waals surface area (Å²) < 4.78 is 0.930. The van der Waals surface area contributed by atoms with Crippen LogP contribution in [0.4, 0.5) is 0 Å².